The molecule has 0 amide bonds. The molecule has 1 heterocycles. The molecule has 0 aliphatic carbocycles. The third-order valence-electron chi connectivity index (χ3n) is 4.34. The predicted molar refractivity (Wildman–Crippen MR) is 91.5 cm³/mol. The summed E-state index contributed by atoms with van der Waals surface area (Å²) in [6, 6.07) is 9.82. The minimum Gasteiger partial charge on any atom is -0.310 e. The summed E-state index contributed by atoms with van der Waals surface area (Å²) in [6.45, 7) is 5.60. The smallest absolute Gasteiger partial charge is 0.0322 e. The van der Waals surface area contributed by atoms with Crippen LogP contribution in [0, 0.1) is 5.92 Å². The van der Waals surface area contributed by atoms with Crippen LogP contribution in [0.1, 0.15) is 56.7 Å². The number of thioether (sulfide) groups is 1. The summed E-state index contributed by atoms with van der Waals surface area (Å²) in [5, 5.41) is 3.76. The Labute approximate surface area is 128 Å². The maximum Gasteiger partial charge on any atom is 0.0322 e. The molecule has 0 radical (unpaired) electrons. The molecule has 1 fully saturated rings. The van der Waals surface area contributed by atoms with Crippen molar-refractivity contribution < 1.29 is 0 Å². The summed E-state index contributed by atoms with van der Waals surface area (Å²) in [5.74, 6) is 3.64. The second kappa shape index (κ2) is 8.74. The lowest BCUT2D eigenvalue weighted by atomic mass is 9.90. The van der Waals surface area contributed by atoms with Gasteiger partial charge in [0.15, 0.2) is 0 Å². The lowest BCUT2D eigenvalue weighted by Gasteiger charge is -2.27. The Balaban J connectivity index is 2.00. The lowest BCUT2D eigenvalue weighted by Crippen LogP contribution is -2.25. The van der Waals surface area contributed by atoms with Gasteiger partial charge < -0.3 is 5.32 Å². The largest absolute Gasteiger partial charge is 0.310 e. The Morgan fingerprint density at radius 3 is 2.45 bits per heavy atom. The van der Waals surface area contributed by atoms with Gasteiger partial charge in [-0.3, -0.25) is 0 Å². The zero-order valence-corrected chi connectivity index (χ0v) is 13.8. The standard InChI is InChI=1S/C18H29NS/c1-3-11-19-18(14-16-9-12-20-13-10-16)17-7-5-15(4-2)6-8-17/h5-8,16,18-19H,3-4,9-14H2,1-2H3. The molecule has 0 saturated carbocycles. The molecule has 1 nitrogen and oxygen atoms in total. The highest BCUT2D eigenvalue weighted by atomic mass is 32.2. The zero-order chi connectivity index (χ0) is 14.2. The maximum atomic E-state index is 3.76. The van der Waals surface area contributed by atoms with E-state index in [2.05, 4.69) is 55.2 Å². The van der Waals surface area contributed by atoms with Crippen LogP contribution >= 0.6 is 11.8 Å². The van der Waals surface area contributed by atoms with Crippen LogP contribution in [0.3, 0.4) is 0 Å². The molecule has 112 valence electrons. The normalized spacial score (nSPS) is 18.1. The number of nitrogens with one attached hydrogen (secondary N) is 1. The molecule has 1 N–H and O–H groups in total. The van der Waals surface area contributed by atoms with Crippen molar-refractivity contribution in [2.24, 2.45) is 5.92 Å². The molecule has 2 heteroatoms. The lowest BCUT2D eigenvalue weighted by molar-refractivity contribution is 0.370. The number of benzene rings is 1. The first-order valence-corrected chi connectivity index (χ1v) is 9.39. The van der Waals surface area contributed by atoms with E-state index in [0.29, 0.717) is 6.04 Å². The molecule has 0 bridgehead atoms. The quantitative estimate of drug-likeness (QED) is 0.772. The fourth-order valence-electron chi connectivity index (χ4n) is 2.96. The van der Waals surface area contributed by atoms with Gasteiger partial charge in [0.25, 0.3) is 0 Å². The molecule has 1 aromatic carbocycles. The Hall–Kier alpha value is -0.470. The highest BCUT2D eigenvalue weighted by molar-refractivity contribution is 7.99. The van der Waals surface area contributed by atoms with E-state index in [1.165, 1.54) is 48.3 Å². The number of hydrogen-bond donors (Lipinski definition) is 1. The average molecular weight is 292 g/mol. The highest BCUT2D eigenvalue weighted by Gasteiger charge is 2.20. The van der Waals surface area contributed by atoms with Crippen molar-refractivity contribution in [3.8, 4) is 0 Å². The Kier molecular flexibility index (Phi) is 6.95. The summed E-state index contributed by atoms with van der Waals surface area (Å²) < 4.78 is 0. The van der Waals surface area contributed by atoms with E-state index in [4.69, 9.17) is 0 Å². The minimum atomic E-state index is 0.550. The molecular formula is C18H29NS. The molecular weight excluding hydrogens is 262 g/mol. The first-order chi connectivity index (χ1) is 9.83. The second-order valence-electron chi connectivity index (χ2n) is 5.89. The number of hydrogen-bond acceptors (Lipinski definition) is 2. The molecule has 0 spiro atoms. The van der Waals surface area contributed by atoms with E-state index in [0.717, 1.165) is 18.9 Å². The van der Waals surface area contributed by atoms with Crippen LogP contribution in [0.25, 0.3) is 0 Å². The van der Waals surface area contributed by atoms with Crippen LogP contribution in [0.5, 0.6) is 0 Å². The van der Waals surface area contributed by atoms with Crippen molar-refractivity contribution in [3.63, 3.8) is 0 Å². The predicted octanol–water partition coefficient (Wildman–Crippen LogP) is 4.82. The van der Waals surface area contributed by atoms with E-state index in [-0.39, 0.29) is 0 Å². The molecule has 1 aromatic rings. The summed E-state index contributed by atoms with van der Waals surface area (Å²) >= 11 is 2.12. The number of aryl methyl sites for hydroxylation is 1. The van der Waals surface area contributed by atoms with Gasteiger partial charge in [-0.2, -0.15) is 11.8 Å². The van der Waals surface area contributed by atoms with Gasteiger partial charge in [-0.15, -0.1) is 0 Å². The van der Waals surface area contributed by atoms with Gasteiger partial charge in [-0.1, -0.05) is 38.1 Å². The average Bonchev–Trinajstić information content (AvgIpc) is 2.52. The van der Waals surface area contributed by atoms with Crippen molar-refractivity contribution in [1.29, 1.82) is 0 Å². The molecule has 1 saturated heterocycles. The third-order valence-corrected chi connectivity index (χ3v) is 5.39. The van der Waals surface area contributed by atoms with E-state index < -0.39 is 0 Å². The van der Waals surface area contributed by atoms with Gasteiger partial charge >= 0.3 is 0 Å². The maximum absolute atomic E-state index is 3.76. The van der Waals surface area contributed by atoms with Crippen molar-refractivity contribution in [3.05, 3.63) is 35.4 Å². The summed E-state index contributed by atoms with van der Waals surface area (Å²) in [5.41, 5.74) is 2.92. The van der Waals surface area contributed by atoms with Gasteiger partial charge in [0, 0.05) is 6.04 Å². The molecule has 1 unspecified atom stereocenters. The molecule has 1 atom stereocenters. The van der Waals surface area contributed by atoms with Crippen molar-refractivity contribution in [1.82, 2.24) is 5.32 Å². The van der Waals surface area contributed by atoms with Gasteiger partial charge in [0.1, 0.15) is 0 Å². The topological polar surface area (TPSA) is 12.0 Å². The summed E-state index contributed by atoms with van der Waals surface area (Å²) in [6.07, 6.45) is 6.47. The SMILES string of the molecule is CCCNC(CC1CCSCC1)c1ccc(CC)cc1. The van der Waals surface area contributed by atoms with Crippen LogP contribution in [-0.4, -0.2) is 18.1 Å². The molecule has 1 aliphatic rings. The fraction of sp³-hybridized carbons (Fsp3) is 0.667. The van der Waals surface area contributed by atoms with Crippen molar-refractivity contribution >= 4 is 11.8 Å². The molecule has 2 rings (SSSR count). The van der Waals surface area contributed by atoms with Gasteiger partial charge in [0.05, 0.1) is 0 Å². The number of rotatable bonds is 7. The second-order valence-corrected chi connectivity index (χ2v) is 7.12. The monoisotopic (exact) mass is 291 g/mol. The first kappa shape index (κ1) is 15.9. The Morgan fingerprint density at radius 1 is 1.15 bits per heavy atom. The van der Waals surface area contributed by atoms with Crippen molar-refractivity contribution in [2.45, 2.75) is 52.0 Å². The van der Waals surface area contributed by atoms with E-state index in [1.54, 1.807) is 0 Å². The van der Waals surface area contributed by atoms with E-state index in [9.17, 15) is 0 Å². The zero-order valence-electron chi connectivity index (χ0n) is 13.0. The highest BCUT2D eigenvalue weighted by Crippen LogP contribution is 2.31. The van der Waals surface area contributed by atoms with Crippen LogP contribution in [-0.2, 0) is 6.42 Å². The Morgan fingerprint density at radius 2 is 1.85 bits per heavy atom. The fourth-order valence-corrected chi connectivity index (χ4v) is 4.16. The van der Waals surface area contributed by atoms with Gasteiger partial charge in [0.2, 0.25) is 0 Å². The molecule has 1 aliphatic heterocycles. The Bertz CT molecular complexity index is 368. The van der Waals surface area contributed by atoms with E-state index in [1.807, 2.05) is 0 Å². The van der Waals surface area contributed by atoms with Crippen LogP contribution in [0.4, 0.5) is 0 Å². The molecule has 20 heavy (non-hydrogen) atoms. The van der Waals surface area contributed by atoms with Crippen LogP contribution in [0.15, 0.2) is 24.3 Å². The van der Waals surface area contributed by atoms with Gasteiger partial charge in [-0.25, -0.2) is 0 Å². The summed E-state index contributed by atoms with van der Waals surface area (Å²) in [4.78, 5) is 0. The first-order valence-electron chi connectivity index (χ1n) is 8.23. The van der Waals surface area contributed by atoms with Crippen LogP contribution < -0.4 is 5.32 Å². The molecule has 0 aromatic heterocycles. The van der Waals surface area contributed by atoms with Crippen LogP contribution in [0.2, 0.25) is 0 Å². The van der Waals surface area contributed by atoms with Crippen molar-refractivity contribution in [2.75, 3.05) is 18.1 Å². The van der Waals surface area contributed by atoms with E-state index >= 15 is 0 Å². The third kappa shape index (κ3) is 4.82. The summed E-state index contributed by atoms with van der Waals surface area (Å²) in [7, 11) is 0. The van der Waals surface area contributed by atoms with Gasteiger partial charge in [-0.05, 0) is 67.2 Å². The minimum absolute atomic E-state index is 0.550.